The lowest BCUT2D eigenvalue weighted by atomic mass is 10.2. The molecule has 0 aliphatic carbocycles. The Morgan fingerprint density at radius 2 is 1.86 bits per heavy atom. The van der Waals surface area contributed by atoms with Crippen LogP contribution in [0.25, 0.3) is 11.0 Å². The van der Waals surface area contributed by atoms with Crippen LogP contribution in [0.15, 0.2) is 47.6 Å². The summed E-state index contributed by atoms with van der Waals surface area (Å²) in [5, 5.41) is 9.67. The van der Waals surface area contributed by atoms with E-state index in [9.17, 15) is 17.9 Å². The number of aryl methyl sites for hydroxylation is 1. The van der Waals surface area contributed by atoms with Crippen molar-refractivity contribution in [3.8, 4) is 5.75 Å². The van der Waals surface area contributed by atoms with E-state index in [-0.39, 0.29) is 15.9 Å². The summed E-state index contributed by atoms with van der Waals surface area (Å²) in [5.41, 5.74) is 0.915. The molecule has 108 valence electrons. The molecule has 1 aromatic carbocycles. The first-order chi connectivity index (χ1) is 9.91. The van der Waals surface area contributed by atoms with Crippen molar-refractivity contribution in [2.75, 3.05) is 0 Å². The van der Waals surface area contributed by atoms with Crippen LogP contribution in [0.5, 0.6) is 5.75 Å². The molecule has 0 atom stereocenters. The Morgan fingerprint density at radius 1 is 1.19 bits per heavy atom. The average Bonchev–Trinajstić information content (AvgIpc) is 2.89. The molecule has 2 heterocycles. The molecule has 7 heteroatoms. The van der Waals surface area contributed by atoms with E-state index in [1.807, 2.05) is 6.92 Å². The van der Waals surface area contributed by atoms with Crippen LogP contribution in [0, 0.1) is 12.7 Å². The lowest BCUT2D eigenvalue weighted by Crippen LogP contribution is -2.12. The van der Waals surface area contributed by atoms with E-state index in [0.717, 1.165) is 15.7 Å². The molecule has 0 bridgehead atoms. The lowest BCUT2D eigenvalue weighted by Gasteiger charge is -2.07. The first-order valence-electron chi connectivity index (χ1n) is 6.08. The summed E-state index contributed by atoms with van der Waals surface area (Å²) in [6.45, 7) is 1.85. The minimum Gasteiger partial charge on any atom is -0.504 e. The van der Waals surface area contributed by atoms with Gasteiger partial charge in [-0.15, -0.1) is 0 Å². The standard InChI is InChI=1S/C14H11FN2O3S/c1-9-2-4-10(5-3-9)21(19,20)17-7-6-11-13(18)12(15)8-16-14(11)17/h2-8H,1H3,(H,16,18). The molecule has 0 radical (unpaired) electrons. The number of pyridine rings is 1. The number of aromatic hydroxyl groups is 1. The van der Waals surface area contributed by atoms with Crippen LogP contribution in [-0.2, 0) is 10.0 Å². The largest absolute Gasteiger partial charge is 0.504 e. The molecule has 0 unspecified atom stereocenters. The number of fused-ring (bicyclic) bond motifs is 1. The number of rotatable bonds is 2. The van der Waals surface area contributed by atoms with E-state index < -0.39 is 21.6 Å². The summed E-state index contributed by atoms with van der Waals surface area (Å²) in [6.07, 6.45) is 2.03. The Morgan fingerprint density at radius 3 is 2.52 bits per heavy atom. The third-order valence-electron chi connectivity index (χ3n) is 3.19. The quantitative estimate of drug-likeness (QED) is 0.789. The Labute approximate surface area is 120 Å². The molecule has 0 fully saturated rings. The van der Waals surface area contributed by atoms with Crippen LogP contribution >= 0.6 is 0 Å². The zero-order chi connectivity index (χ0) is 15.2. The van der Waals surface area contributed by atoms with Gasteiger partial charge in [-0.05, 0) is 25.1 Å². The number of hydrogen-bond donors (Lipinski definition) is 1. The van der Waals surface area contributed by atoms with E-state index in [1.54, 1.807) is 12.1 Å². The molecule has 0 aliphatic rings. The molecule has 1 N–H and O–H groups in total. The summed E-state index contributed by atoms with van der Waals surface area (Å²) in [7, 11) is -3.85. The van der Waals surface area contributed by atoms with Crippen molar-refractivity contribution in [1.29, 1.82) is 0 Å². The highest BCUT2D eigenvalue weighted by molar-refractivity contribution is 7.90. The molecular weight excluding hydrogens is 295 g/mol. The van der Waals surface area contributed by atoms with Gasteiger partial charge < -0.3 is 5.11 Å². The molecule has 0 saturated heterocycles. The van der Waals surface area contributed by atoms with Gasteiger partial charge >= 0.3 is 0 Å². The summed E-state index contributed by atoms with van der Waals surface area (Å²) in [6, 6.07) is 7.65. The lowest BCUT2D eigenvalue weighted by molar-refractivity contribution is 0.437. The van der Waals surface area contributed by atoms with Crippen molar-refractivity contribution in [3.63, 3.8) is 0 Å². The highest BCUT2D eigenvalue weighted by Crippen LogP contribution is 2.28. The van der Waals surface area contributed by atoms with Gasteiger partial charge in [0.05, 0.1) is 16.5 Å². The highest BCUT2D eigenvalue weighted by Gasteiger charge is 2.21. The van der Waals surface area contributed by atoms with Gasteiger partial charge in [0.15, 0.2) is 17.2 Å². The molecule has 3 rings (SSSR count). The summed E-state index contributed by atoms with van der Waals surface area (Å²) in [4.78, 5) is 3.85. The first-order valence-corrected chi connectivity index (χ1v) is 7.52. The van der Waals surface area contributed by atoms with E-state index in [1.165, 1.54) is 24.4 Å². The second kappa shape index (κ2) is 4.56. The average molecular weight is 306 g/mol. The number of aromatic nitrogens is 2. The second-order valence-corrected chi connectivity index (χ2v) is 6.44. The van der Waals surface area contributed by atoms with Crippen molar-refractivity contribution in [2.24, 2.45) is 0 Å². The minimum absolute atomic E-state index is 0.0190. The third-order valence-corrected chi connectivity index (χ3v) is 4.87. The molecule has 5 nitrogen and oxygen atoms in total. The minimum atomic E-state index is -3.85. The van der Waals surface area contributed by atoms with Crippen LogP contribution in [0.2, 0.25) is 0 Å². The molecule has 2 aromatic heterocycles. The number of halogens is 1. The fraction of sp³-hybridized carbons (Fsp3) is 0.0714. The monoisotopic (exact) mass is 306 g/mol. The van der Waals surface area contributed by atoms with Crippen molar-refractivity contribution >= 4 is 21.1 Å². The van der Waals surface area contributed by atoms with Crippen molar-refractivity contribution in [2.45, 2.75) is 11.8 Å². The number of benzene rings is 1. The van der Waals surface area contributed by atoms with E-state index in [2.05, 4.69) is 4.98 Å². The van der Waals surface area contributed by atoms with Gasteiger partial charge in [-0.25, -0.2) is 21.8 Å². The number of nitrogens with zero attached hydrogens (tertiary/aromatic N) is 2. The Bertz CT molecular complexity index is 931. The fourth-order valence-corrected chi connectivity index (χ4v) is 3.34. The van der Waals surface area contributed by atoms with Crippen molar-refractivity contribution in [1.82, 2.24) is 8.96 Å². The normalized spacial score (nSPS) is 11.9. The summed E-state index contributed by atoms with van der Waals surface area (Å²) >= 11 is 0. The van der Waals surface area contributed by atoms with Crippen LogP contribution in [-0.4, -0.2) is 22.5 Å². The van der Waals surface area contributed by atoms with Crippen LogP contribution < -0.4 is 0 Å². The van der Waals surface area contributed by atoms with Gasteiger partial charge in [0, 0.05) is 6.20 Å². The molecule has 21 heavy (non-hydrogen) atoms. The van der Waals surface area contributed by atoms with E-state index in [0.29, 0.717) is 0 Å². The van der Waals surface area contributed by atoms with Gasteiger partial charge in [-0.2, -0.15) is 0 Å². The van der Waals surface area contributed by atoms with E-state index in [4.69, 9.17) is 0 Å². The van der Waals surface area contributed by atoms with Gasteiger partial charge in [0.2, 0.25) is 0 Å². The van der Waals surface area contributed by atoms with Gasteiger partial charge in [-0.1, -0.05) is 17.7 Å². The Kier molecular flexibility index (Phi) is 2.94. The zero-order valence-electron chi connectivity index (χ0n) is 11.0. The second-order valence-electron chi connectivity index (χ2n) is 4.62. The van der Waals surface area contributed by atoms with Crippen molar-refractivity contribution in [3.05, 3.63) is 54.1 Å². The maximum absolute atomic E-state index is 13.3. The molecule has 0 amide bonds. The number of hydrogen-bond acceptors (Lipinski definition) is 4. The summed E-state index contributed by atoms with van der Waals surface area (Å²) in [5.74, 6) is -1.51. The molecule has 0 saturated carbocycles. The van der Waals surface area contributed by atoms with Crippen LogP contribution in [0.1, 0.15) is 5.56 Å². The molecular formula is C14H11FN2O3S. The molecule has 0 aliphatic heterocycles. The fourth-order valence-electron chi connectivity index (χ4n) is 2.04. The highest BCUT2D eigenvalue weighted by atomic mass is 32.2. The predicted octanol–water partition coefficient (Wildman–Crippen LogP) is 2.43. The smallest absolute Gasteiger partial charge is 0.269 e. The molecule has 3 aromatic rings. The Balaban J connectivity index is 2.25. The first kappa shape index (κ1) is 13.6. The van der Waals surface area contributed by atoms with Crippen LogP contribution in [0.4, 0.5) is 4.39 Å². The maximum Gasteiger partial charge on any atom is 0.269 e. The molecule has 0 spiro atoms. The van der Waals surface area contributed by atoms with Gasteiger partial charge in [0.25, 0.3) is 10.0 Å². The van der Waals surface area contributed by atoms with Gasteiger partial charge in [-0.3, -0.25) is 0 Å². The van der Waals surface area contributed by atoms with Gasteiger partial charge in [0.1, 0.15) is 0 Å². The third kappa shape index (κ3) is 2.06. The summed E-state index contributed by atoms with van der Waals surface area (Å²) < 4.78 is 39.3. The predicted molar refractivity (Wildman–Crippen MR) is 75.1 cm³/mol. The van der Waals surface area contributed by atoms with Crippen molar-refractivity contribution < 1.29 is 17.9 Å². The SMILES string of the molecule is Cc1ccc(S(=O)(=O)n2ccc3c(O)c(F)cnc32)cc1. The maximum atomic E-state index is 13.3. The van der Waals surface area contributed by atoms with Crippen LogP contribution in [0.3, 0.4) is 0 Å². The Hall–Kier alpha value is -2.41. The zero-order valence-corrected chi connectivity index (χ0v) is 11.8. The topological polar surface area (TPSA) is 72.2 Å². The van der Waals surface area contributed by atoms with E-state index >= 15 is 0 Å².